The van der Waals surface area contributed by atoms with E-state index in [0.717, 1.165) is 58.2 Å². The Morgan fingerprint density at radius 2 is 1.68 bits per heavy atom. The number of rotatable bonds is 5. The normalized spacial score (nSPS) is 41.6. The molecule has 7 nitrogen and oxygen atoms in total. The first-order valence-electron chi connectivity index (χ1n) is 16.1. The van der Waals surface area contributed by atoms with E-state index in [1.165, 1.54) is 0 Å². The first-order chi connectivity index (χ1) is 19.4. The van der Waals surface area contributed by atoms with Crippen LogP contribution >= 0.6 is 0 Å². The van der Waals surface area contributed by atoms with Crippen molar-refractivity contribution in [3.05, 3.63) is 0 Å². The van der Waals surface area contributed by atoms with E-state index in [9.17, 15) is 22.8 Å². The monoisotopic (exact) mass is 584 g/mol. The number of fused-ring (bicyclic) bond motifs is 1. The van der Waals surface area contributed by atoms with Crippen molar-refractivity contribution in [2.24, 2.45) is 35.5 Å². The number of halogens is 3. The van der Waals surface area contributed by atoms with Crippen molar-refractivity contribution in [3.63, 3.8) is 0 Å². The SMILES string of the molecule is CC1CC2C(CN1)CC(C1CC(NC(=O)C3CC(OC4CCN(C)CC4)CC(C(F)(F)F)C3)CCC1C)C(=O)N2C. The highest BCUT2D eigenvalue weighted by molar-refractivity contribution is 5.81. The fourth-order valence-electron chi connectivity index (χ4n) is 8.67. The molecule has 0 aromatic rings. The Labute approximate surface area is 243 Å². The summed E-state index contributed by atoms with van der Waals surface area (Å²) in [6.45, 7) is 7.06. The maximum absolute atomic E-state index is 13.9. The number of likely N-dealkylation sites (tertiary alicyclic amines) is 2. The summed E-state index contributed by atoms with van der Waals surface area (Å²) < 4.78 is 47.9. The Balaban J connectivity index is 1.21. The quantitative estimate of drug-likeness (QED) is 0.507. The van der Waals surface area contributed by atoms with Crippen LogP contribution in [0.5, 0.6) is 0 Å². The zero-order valence-corrected chi connectivity index (χ0v) is 25.3. The topological polar surface area (TPSA) is 73.9 Å². The molecule has 5 aliphatic rings. The van der Waals surface area contributed by atoms with Crippen LogP contribution in [0, 0.1) is 35.5 Å². The van der Waals surface area contributed by atoms with Crippen molar-refractivity contribution < 1.29 is 27.5 Å². The van der Waals surface area contributed by atoms with Gasteiger partial charge in [0.2, 0.25) is 11.8 Å². The van der Waals surface area contributed by atoms with Gasteiger partial charge in [0.25, 0.3) is 0 Å². The molecule has 10 unspecified atom stereocenters. The largest absolute Gasteiger partial charge is 0.391 e. The lowest BCUT2D eigenvalue weighted by atomic mass is 9.65. The highest BCUT2D eigenvalue weighted by Crippen LogP contribution is 2.44. The summed E-state index contributed by atoms with van der Waals surface area (Å²) in [6.07, 6.45) is 1.08. The molecule has 3 aliphatic heterocycles. The molecule has 5 rings (SSSR count). The summed E-state index contributed by atoms with van der Waals surface area (Å²) in [5.74, 6) is -1.37. The van der Waals surface area contributed by atoms with Gasteiger partial charge < -0.3 is 25.2 Å². The molecular weight excluding hydrogens is 533 g/mol. The number of carbonyl (C=O) groups is 2. The van der Waals surface area contributed by atoms with Crippen LogP contribution in [0.25, 0.3) is 0 Å². The van der Waals surface area contributed by atoms with E-state index >= 15 is 0 Å². The zero-order chi connectivity index (χ0) is 29.5. The molecule has 234 valence electrons. The summed E-state index contributed by atoms with van der Waals surface area (Å²) in [6, 6.07) is 0.577. The van der Waals surface area contributed by atoms with Crippen LogP contribution in [0.4, 0.5) is 13.2 Å². The molecule has 0 spiro atoms. The van der Waals surface area contributed by atoms with E-state index in [2.05, 4.69) is 29.4 Å². The lowest BCUT2D eigenvalue weighted by molar-refractivity contribution is -0.202. The lowest BCUT2D eigenvalue weighted by Crippen LogP contribution is -2.60. The van der Waals surface area contributed by atoms with Crippen molar-refractivity contribution in [2.45, 2.75) is 115 Å². The zero-order valence-electron chi connectivity index (χ0n) is 25.3. The van der Waals surface area contributed by atoms with E-state index in [1.54, 1.807) is 0 Å². The van der Waals surface area contributed by atoms with Gasteiger partial charge in [0.15, 0.2) is 0 Å². The van der Waals surface area contributed by atoms with Gasteiger partial charge in [-0.2, -0.15) is 13.2 Å². The van der Waals surface area contributed by atoms with Crippen molar-refractivity contribution >= 4 is 11.8 Å². The molecule has 3 heterocycles. The van der Waals surface area contributed by atoms with Crippen LogP contribution in [0.1, 0.15) is 78.1 Å². The minimum absolute atomic E-state index is 0.0409. The molecule has 2 aliphatic carbocycles. The molecule has 2 amide bonds. The second kappa shape index (κ2) is 12.7. The highest BCUT2D eigenvalue weighted by Gasteiger charge is 2.49. The number of nitrogens with one attached hydrogen (secondary N) is 2. The summed E-state index contributed by atoms with van der Waals surface area (Å²) >= 11 is 0. The van der Waals surface area contributed by atoms with Crippen LogP contribution in [0.15, 0.2) is 0 Å². The molecule has 0 aromatic heterocycles. The highest BCUT2D eigenvalue weighted by atomic mass is 19.4. The molecule has 3 saturated heterocycles. The number of ether oxygens (including phenoxy) is 1. The van der Waals surface area contributed by atoms with E-state index in [4.69, 9.17) is 4.74 Å². The van der Waals surface area contributed by atoms with Gasteiger partial charge >= 0.3 is 6.18 Å². The van der Waals surface area contributed by atoms with Crippen molar-refractivity contribution in [1.82, 2.24) is 20.4 Å². The molecule has 10 atom stereocenters. The number of nitrogens with zero attached hydrogens (tertiary/aromatic N) is 2. The lowest BCUT2D eigenvalue weighted by Gasteiger charge is -2.50. The number of carbonyl (C=O) groups excluding carboxylic acids is 2. The van der Waals surface area contributed by atoms with Gasteiger partial charge in [0, 0.05) is 56.6 Å². The van der Waals surface area contributed by atoms with E-state index in [0.29, 0.717) is 30.7 Å². The van der Waals surface area contributed by atoms with E-state index in [-0.39, 0.29) is 54.7 Å². The number of alkyl halides is 3. The number of hydrogen-bond acceptors (Lipinski definition) is 5. The van der Waals surface area contributed by atoms with Gasteiger partial charge in [-0.25, -0.2) is 0 Å². The summed E-state index contributed by atoms with van der Waals surface area (Å²) in [5.41, 5.74) is 0. The molecule has 0 bridgehead atoms. The predicted octanol–water partition coefficient (Wildman–Crippen LogP) is 4.21. The number of hydrogen-bond donors (Lipinski definition) is 2. The number of piperidine rings is 3. The maximum atomic E-state index is 13.9. The molecule has 0 radical (unpaired) electrons. The van der Waals surface area contributed by atoms with E-state index in [1.807, 2.05) is 19.0 Å². The number of amides is 2. The Kier molecular flexibility index (Phi) is 9.61. The maximum Gasteiger partial charge on any atom is 0.391 e. The minimum atomic E-state index is -4.34. The van der Waals surface area contributed by atoms with Gasteiger partial charge in [-0.05, 0) is 95.9 Å². The Bertz CT molecular complexity index is 927. The Morgan fingerprint density at radius 1 is 0.951 bits per heavy atom. The molecule has 41 heavy (non-hydrogen) atoms. The second-order valence-electron chi connectivity index (χ2n) is 14.2. The average molecular weight is 585 g/mol. The minimum Gasteiger partial charge on any atom is -0.375 e. The van der Waals surface area contributed by atoms with Crippen LogP contribution in [0.3, 0.4) is 0 Å². The van der Waals surface area contributed by atoms with Gasteiger partial charge in [-0.3, -0.25) is 9.59 Å². The van der Waals surface area contributed by atoms with Crippen LogP contribution in [-0.2, 0) is 14.3 Å². The fourth-order valence-corrected chi connectivity index (χ4v) is 8.67. The molecule has 10 heteroatoms. The standard InChI is InChI=1S/C31H51F3N4O3/c1-18-5-6-23(16-26(18)27-14-21-17-35-19(2)11-28(21)38(4)30(27)40)36-29(39)20-12-22(31(32,33)34)15-25(13-20)41-24-7-9-37(3)10-8-24/h18-28,35H,5-17H2,1-4H3,(H,36,39). The van der Waals surface area contributed by atoms with Gasteiger partial charge in [-0.1, -0.05) is 6.92 Å². The van der Waals surface area contributed by atoms with Crippen LogP contribution < -0.4 is 10.6 Å². The van der Waals surface area contributed by atoms with Crippen LogP contribution in [-0.4, -0.2) is 91.9 Å². The van der Waals surface area contributed by atoms with Gasteiger partial charge in [-0.15, -0.1) is 0 Å². The molecule has 0 aromatic carbocycles. The fraction of sp³-hybridized carbons (Fsp3) is 0.935. The second-order valence-corrected chi connectivity index (χ2v) is 14.2. The van der Waals surface area contributed by atoms with Crippen molar-refractivity contribution in [1.29, 1.82) is 0 Å². The van der Waals surface area contributed by atoms with Gasteiger partial charge in [0.1, 0.15) is 0 Å². The van der Waals surface area contributed by atoms with E-state index < -0.39 is 24.1 Å². The molecule has 2 saturated carbocycles. The molecular formula is C31H51F3N4O3. The average Bonchev–Trinajstić information content (AvgIpc) is 2.93. The van der Waals surface area contributed by atoms with Crippen LogP contribution in [0.2, 0.25) is 0 Å². The summed E-state index contributed by atoms with van der Waals surface area (Å²) in [5, 5.41) is 6.74. The third kappa shape index (κ3) is 7.23. The Hall–Kier alpha value is -1.39. The van der Waals surface area contributed by atoms with Crippen molar-refractivity contribution in [3.8, 4) is 0 Å². The first kappa shape index (κ1) is 31.0. The molecule has 2 N–H and O–H groups in total. The third-order valence-electron chi connectivity index (χ3n) is 11.3. The van der Waals surface area contributed by atoms with Gasteiger partial charge in [0.05, 0.1) is 18.1 Å². The molecule has 5 fully saturated rings. The Morgan fingerprint density at radius 3 is 2.39 bits per heavy atom. The summed E-state index contributed by atoms with van der Waals surface area (Å²) in [4.78, 5) is 31.2. The van der Waals surface area contributed by atoms with Crippen molar-refractivity contribution in [2.75, 3.05) is 33.7 Å². The predicted molar refractivity (Wildman–Crippen MR) is 151 cm³/mol. The smallest absolute Gasteiger partial charge is 0.375 e. The third-order valence-corrected chi connectivity index (χ3v) is 11.3. The first-order valence-corrected chi connectivity index (χ1v) is 16.1. The summed E-state index contributed by atoms with van der Waals surface area (Å²) in [7, 11) is 3.99.